The second-order valence-corrected chi connectivity index (χ2v) is 19.7. The quantitative estimate of drug-likeness (QED) is 0.0213. The number of carbonyl (C=O) groups excluding carboxylic acids is 2. The molecule has 0 radical (unpaired) electrons. The fraction of sp³-hybridized carbons (Fsp3) is 0.210. The normalized spacial score (nSPS) is 10.9. The van der Waals surface area contributed by atoms with Gasteiger partial charge < -0.3 is 35.4 Å². The molecule has 6 aromatic heterocycles. The molecule has 8 aromatic rings. The van der Waals surface area contributed by atoms with Crippen molar-refractivity contribution in [1.29, 1.82) is 0 Å². The van der Waals surface area contributed by atoms with Gasteiger partial charge in [0, 0.05) is 38.6 Å². The molecule has 442 valence electrons. The third kappa shape index (κ3) is 18.4. The topological polar surface area (TPSA) is 300 Å². The number of nitrogens with one attached hydrogen (secondary N) is 2. The Morgan fingerprint density at radius 1 is 0.448 bits per heavy atom. The molecular weight excluding hydrogens is 1150 g/mol. The van der Waals surface area contributed by atoms with Crippen molar-refractivity contribution in [3.63, 3.8) is 0 Å². The predicted octanol–water partition coefficient (Wildman–Crippen LogP) is 7.64. The van der Waals surface area contributed by atoms with Gasteiger partial charge in [-0.3, -0.25) is 48.6 Å². The Balaban J connectivity index is 0.889. The molecule has 0 unspecified atom stereocenters. The summed E-state index contributed by atoms with van der Waals surface area (Å²) in [4.78, 5) is 104. The zero-order valence-corrected chi connectivity index (χ0v) is 48.7. The summed E-state index contributed by atoms with van der Waals surface area (Å²) in [7, 11) is 3.07. The van der Waals surface area contributed by atoms with Gasteiger partial charge in [-0.1, -0.05) is 36.4 Å². The van der Waals surface area contributed by atoms with E-state index in [4.69, 9.17) is 53.8 Å². The van der Waals surface area contributed by atoms with Crippen LogP contribution in [0, 0.1) is 0 Å². The summed E-state index contributed by atoms with van der Waals surface area (Å²) in [5.74, 6) is -3.68. The molecule has 0 spiro atoms. The number of hydrogen-bond acceptors (Lipinski definition) is 20. The number of carboxylic acid groups (broad SMARTS) is 3. The SMILES string of the molecule is COc1ccc(-c2cc(-c3ccccn3)nc(-c3cccc(CNC(=O)CN(CCN(CCN(CC(=O)O)CC(=O)NCc4cccc(-c5cc(-c6ccc(OC)c(N=C=S)c6)cc(-c6ccccn6)n5)n4)CC(=O)O)CC(=O)O)n3)c2)cc1N=C=S. The van der Waals surface area contributed by atoms with Crippen LogP contribution >= 0.6 is 24.4 Å². The van der Waals surface area contributed by atoms with Crippen molar-refractivity contribution in [2.45, 2.75) is 13.1 Å². The predicted molar refractivity (Wildman–Crippen MR) is 331 cm³/mol. The van der Waals surface area contributed by atoms with Gasteiger partial charge in [0.25, 0.3) is 0 Å². The summed E-state index contributed by atoms with van der Waals surface area (Å²) in [6.07, 6.45) is 3.33. The van der Waals surface area contributed by atoms with Gasteiger partial charge in [-0.25, -0.2) is 19.9 Å². The van der Waals surface area contributed by atoms with Gasteiger partial charge in [0.1, 0.15) is 22.9 Å². The second-order valence-electron chi connectivity index (χ2n) is 19.3. The van der Waals surface area contributed by atoms with Gasteiger partial charge in [-0.15, -0.1) is 0 Å². The number of aliphatic carboxylic acids is 3. The Hall–Kier alpha value is -10.2. The lowest BCUT2D eigenvalue weighted by molar-refractivity contribution is -0.141. The average Bonchev–Trinajstić information content (AvgIpc) is 1.52. The summed E-state index contributed by atoms with van der Waals surface area (Å²) in [6, 6.07) is 40.0. The van der Waals surface area contributed by atoms with Crippen LogP contribution in [0.5, 0.6) is 11.5 Å². The number of benzene rings is 2. The Bertz CT molecular complexity index is 3650. The fourth-order valence-electron chi connectivity index (χ4n) is 9.14. The number of carbonyl (C=O) groups is 5. The van der Waals surface area contributed by atoms with Gasteiger partial charge in [0.05, 0.1) is 127 Å². The van der Waals surface area contributed by atoms with Crippen LogP contribution in [0.3, 0.4) is 0 Å². The van der Waals surface area contributed by atoms with Crippen molar-refractivity contribution >= 4 is 75.9 Å². The Morgan fingerprint density at radius 2 is 0.828 bits per heavy atom. The number of aromatic nitrogens is 6. The monoisotopic (exact) mass is 1210 g/mol. The number of nitrogens with zero attached hydrogens (tertiary/aromatic N) is 11. The van der Waals surface area contributed by atoms with Crippen LogP contribution in [-0.2, 0) is 37.1 Å². The number of aliphatic imine (C=N–C) groups is 2. The molecule has 0 fully saturated rings. The van der Waals surface area contributed by atoms with Gasteiger partial charge in [0.2, 0.25) is 11.8 Å². The van der Waals surface area contributed by atoms with Crippen molar-refractivity contribution < 1.29 is 48.8 Å². The number of methoxy groups -OCH3 is 2. The van der Waals surface area contributed by atoms with Gasteiger partial charge in [-0.05, 0) is 144 Å². The lowest BCUT2D eigenvalue weighted by atomic mass is 10.0. The molecule has 5 N–H and O–H groups in total. The van der Waals surface area contributed by atoms with Crippen molar-refractivity contribution in [3.05, 3.63) is 157 Å². The van der Waals surface area contributed by atoms with Crippen LogP contribution in [0.1, 0.15) is 11.4 Å². The number of ether oxygens (including phenoxy) is 2. The molecule has 0 saturated carbocycles. The molecule has 2 aromatic carbocycles. The van der Waals surface area contributed by atoms with Crippen molar-refractivity contribution in [2.75, 3.05) is 73.1 Å². The summed E-state index contributed by atoms with van der Waals surface area (Å²) < 4.78 is 10.9. The van der Waals surface area contributed by atoms with Crippen LogP contribution in [0.4, 0.5) is 11.4 Å². The van der Waals surface area contributed by atoms with Crippen LogP contribution in [0.2, 0.25) is 0 Å². The maximum absolute atomic E-state index is 13.5. The molecule has 23 nitrogen and oxygen atoms in total. The standard InChI is InChI=1S/C62H57N13O10S2/c1-84-56-17-15-40(25-54(56)67-38-86)42-27-50(46-11-3-5-19-63-46)71-52(29-42)48-13-7-9-44(69-48)31-65-58(76)33-74(36-61(80)81)23-21-73(35-60(78)79)22-24-75(37-62(82)83)34-59(77)66-32-45-10-8-14-49(70-45)53-30-43(28-51(72-53)47-12-4-6-20-64-47)41-16-18-57(85-2)55(26-41)68-39-87/h3-20,25-30H,21-24,31-37H2,1-2H3,(H,65,76)(H,66,77)(H,78,79)(H,80,81)(H,82,83). The maximum atomic E-state index is 13.5. The number of thiocarbonyl (C=S) groups is 2. The van der Waals surface area contributed by atoms with Crippen LogP contribution < -0.4 is 20.1 Å². The van der Waals surface area contributed by atoms with Crippen LogP contribution in [0.15, 0.2) is 156 Å². The minimum Gasteiger partial charge on any atom is -0.494 e. The van der Waals surface area contributed by atoms with Crippen LogP contribution in [0.25, 0.3) is 67.8 Å². The minimum absolute atomic E-state index is 0.0276. The highest BCUT2D eigenvalue weighted by Gasteiger charge is 2.22. The first-order valence-electron chi connectivity index (χ1n) is 26.9. The first kappa shape index (κ1) is 62.8. The molecule has 0 atom stereocenters. The van der Waals surface area contributed by atoms with E-state index >= 15 is 0 Å². The number of carboxylic acids is 3. The number of isothiocyanates is 2. The number of rotatable bonds is 30. The summed E-state index contributed by atoms with van der Waals surface area (Å²) in [5, 5.41) is 39.9. The van der Waals surface area contributed by atoms with Gasteiger partial charge in [-0.2, -0.15) is 9.98 Å². The highest BCUT2D eigenvalue weighted by atomic mass is 32.1. The van der Waals surface area contributed by atoms with E-state index in [0.29, 0.717) is 79.8 Å². The summed E-state index contributed by atoms with van der Waals surface area (Å²) in [5.41, 5.74) is 9.43. The van der Waals surface area contributed by atoms with E-state index in [1.165, 1.54) is 28.9 Å². The van der Waals surface area contributed by atoms with E-state index in [-0.39, 0.29) is 52.4 Å². The summed E-state index contributed by atoms with van der Waals surface area (Å²) >= 11 is 9.75. The lowest BCUT2D eigenvalue weighted by Crippen LogP contribution is -2.47. The van der Waals surface area contributed by atoms with Crippen molar-refractivity contribution in [3.8, 4) is 79.3 Å². The minimum atomic E-state index is -1.22. The van der Waals surface area contributed by atoms with E-state index < -0.39 is 49.4 Å². The van der Waals surface area contributed by atoms with E-state index in [1.807, 2.05) is 72.8 Å². The molecule has 87 heavy (non-hydrogen) atoms. The molecule has 0 aliphatic carbocycles. The Labute approximate surface area is 510 Å². The Morgan fingerprint density at radius 3 is 1.20 bits per heavy atom. The number of amides is 2. The first-order chi connectivity index (χ1) is 42.2. The highest BCUT2D eigenvalue weighted by Crippen LogP contribution is 2.37. The molecule has 0 bridgehead atoms. The largest absolute Gasteiger partial charge is 0.494 e. The van der Waals surface area contributed by atoms with Crippen molar-refractivity contribution in [2.24, 2.45) is 9.98 Å². The smallest absolute Gasteiger partial charge is 0.317 e. The molecular formula is C62H57N13O10S2. The molecule has 0 aliphatic heterocycles. The van der Waals surface area contributed by atoms with Gasteiger partial charge in [0.15, 0.2) is 0 Å². The first-order valence-corrected chi connectivity index (χ1v) is 27.7. The maximum Gasteiger partial charge on any atom is 0.317 e. The molecule has 8 rings (SSSR count). The number of pyridine rings is 6. The van der Waals surface area contributed by atoms with E-state index in [0.717, 1.165) is 22.3 Å². The van der Waals surface area contributed by atoms with Crippen molar-refractivity contribution in [1.82, 2.24) is 55.2 Å². The second kappa shape index (κ2) is 31.1. The molecule has 6 heterocycles. The zero-order valence-electron chi connectivity index (χ0n) is 47.1. The molecule has 25 heteroatoms. The summed E-state index contributed by atoms with van der Waals surface area (Å²) in [6.45, 7) is -2.57. The fourth-order valence-corrected chi connectivity index (χ4v) is 9.33. The zero-order chi connectivity index (χ0) is 61.7. The van der Waals surface area contributed by atoms with Crippen LogP contribution in [-0.4, -0.2) is 173 Å². The van der Waals surface area contributed by atoms with Gasteiger partial charge >= 0.3 is 17.9 Å². The van der Waals surface area contributed by atoms with E-state index in [1.54, 1.807) is 73.1 Å². The average molecular weight is 1210 g/mol. The van der Waals surface area contributed by atoms with E-state index in [9.17, 15) is 39.3 Å². The molecule has 2 amide bonds. The lowest BCUT2D eigenvalue weighted by Gasteiger charge is -2.28. The van der Waals surface area contributed by atoms with E-state index in [2.05, 4.69) is 40.9 Å². The highest BCUT2D eigenvalue weighted by molar-refractivity contribution is 7.78. The number of hydrogen-bond donors (Lipinski definition) is 5. The third-order valence-electron chi connectivity index (χ3n) is 13.2. The Kier molecular flexibility index (Phi) is 22.4. The molecule has 0 aliphatic rings. The molecule has 0 saturated heterocycles. The third-order valence-corrected chi connectivity index (χ3v) is 13.4.